The van der Waals surface area contributed by atoms with E-state index in [1.165, 1.54) is 12.3 Å². The van der Waals surface area contributed by atoms with Crippen LogP contribution < -0.4 is 9.47 Å². The highest BCUT2D eigenvalue weighted by molar-refractivity contribution is 6.41. The SMILES string of the molecule is COc1cccc(CN(C)C(=O)c2cnc(Cl)c(Cl)c2)c1OC. The number of rotatable bonds is 5. The predicted octanol–water partition coefficient (Wildman–Crippen LogP) is 3.68. The number of pyridine rings is 1. The second-order valence-corrected chi connectivity index (χ2v) is 5.58. The molecule has 0 aliphatic rings. The van der Waals surface area contributed by atoms with Gasteiger partial charge in [-0.1, -0.05) is 35.3 Å². The molecule has 23 heavy (non-hydrogen) atoms. The predicted molar refractivity (Wildman–Crippen MR) is 89.6 cm³/mol. The molecule has 2 rings (SSSR count). The van der Waals surface area contributed by atoms with Gasteiger partial charge in [-0.3, -0.25) is 4.79 Å². The van der Waals surface area contributed by atoms with Crippen LogP contribution >= 0.6 is 23.2 Å². The standard InChI is InChI=1S/C16H16Cl2N2O3/c1-20(16(21)11-7-12(17)15(18)19-8-11)9-10-5-4-6-13(22-2)14(10)23-3/h4-8H,9H2,1-3H3. The summed E-state index contributed by atoms with van der Waals surface area (Å²) in [6, 6.07) is 7.01. The van der Waals surface area contributed by atoms with Crippen LogP contribution in [0.25, 0.3) is 0 Å². The molecule has 1 heterocycles. The first-order valence-corrected chi connectivity index (χ1v) is 7.50. The Bertz CT molecular complexity index is 722. The number of methoxy groups -OCH3 is 2. The minimum absolute atomic E-state index is 0.167. The van der Waals surface area contributed by atoms with Gasteiger partial charge in [0, 0.05) is 25.4 Å². The van der Waals surface area contributed by atoms with E-state index in [1.54, 1.807) is 32.2 Å². The van der Waals surface area contributed by atoms with E-state index in [2.05, 4.69) is 4.98 Å². The van der Waals surface area contributed by atoms with Crippen molar-refractivity contribution in [3.05, 3.63) is 51.8 Å². The van der Waals surface area contributed by atoms with Gasteiger partial charge in [0.25, 0.3) is 5.91 Å². The first kappa shape index (κ1) is 17.4. The van der Waals surface area contributed by atoms with Gasteiger partial charge >= 0.3 is 0 Å². The van der Waals surface area contributed by atoms with E-state index in [0.29, 0.717) is 23.6 Å². The van der Waals surface area contributed by atoms with Crippen LogP contribution in [0.1, 0.15) is 15.9 Å². The number of hydrogen-bond acceptors (Lipinski definition) is 4. The maximum atomic E-state index is 12.5. The Hall–Kier alpha value is -1.98. The maximum absolute atomic E-state index is 12.5. The quantitative estimate of drug-likeness (QED) is 0.768. The number of nitrogens with zero attached hydrogens (tertiary/aromatic N) is 2. The summed E-state index contributed by atoms with van der Waals surface area (Å²) in [4.78, 5) is 17.9. The monoisotopic (exact) mass is 354 g/mol. The Labute approximate surface area is 144 Å². The van der Waals surface area contributed by atoms with Crippen LogP contribution in [0.4, 0.5) is 0 Å². The lowest BCUT2D eigenvalue weighted by Crippen LogP contribution is -2.26. The van der Waals surface area contributed by atoms with Crippen molar-refractivity contribution in [1.29, 1.82) is 0 Å². The number of benzene rings is 1. The van der Waals surface area contributed by atoms with Gasteiger partial charge in [0.05, 0.1) is 24.8 Å². The lowest BCUT2D eigenvalue weighted by atomic mass is 10.1. The number of carbonyl (C=O) groups is 1. The van der Waals surface area contributed by atoms with Crippen LogP contribution in [0.2, 0.25) is 10.2 Å². The van der Waals surface area contributed by atoms with Crippen molar-refractivity contribution in [3.63, 3.8) is 0 Å². The number of hydrogen-bond donors (Lipinski definition) is 0. The van der Waals surface area contributed by atoms with Crippen molar-refractivity contribution in [2.45, 2.75) is 6.54 Å². The number of halogens is 2. The van der Waals surface area contributed by atoms with Gasteiger partial charge < -0.3 is 14.4 Å². The van der Waals surface area contributed by atoms with Gasteiger partial charge in [0.1, 0.15) is 5.15 Å². The fraction of sp³-hybridized carbons (Fsp3) is 0.250. The number of ether oxygens (including phenoxy) is 2. The van der Waals surface area contributed by atoms with Crippen molar-refractivity contribution in [3.8, 4) is 11.5 Å². The van der Waals surface area contributed by atoms with E-state index in [-0.39, 0.29) is 16.1 Å². The van der Waals surface area contributed by atoms with Crippen molar-refractivity contribution in [2.75, 3.05) is 21.3 Å². The minimum atomic E-state index is -0.221. The summed E-state index contributed by atoms with van der Waals surface area (Å²) >= 11 is 11.7. The molecule has 1 aromatic carbocycles. The van der Waals surface area contributed by atoms with Gasteiger partial charge in [0.2, 0.25) is 0 Å². The van der Waals surface area contributed by atoms with Crippen molar-refractivity contribution in [2.24, 2.45) is 0 Å². The Kier molecular flexibility index (Phi) is 5.69. The Morgan fingerprint density at radius 3 is 2.61 bits per heavy atom. The zero-order chi connectivity index (χ0) is 17.0. The van der Waals surface area contributed by atoms with Crippen LogP contribution in [-0.2, 0) is 6.54 Å². The molecule has 0 spiro atoms. The fourth-order valence-electron chi connectivity index (χ4n) is 2.16. The molecule has 0 N–H and O–H groups in total. The third kappa shape index (κ3) is 3.86. The van der Waals surface area contributed by atoms with E-state index in [4.69, 9.17) is 32.7 Å². The van der Waals surface area contributed by atoms with Crippen LogP contribution in [0.3, 0.4) is 0 Å². The molecule has 0 radical (unpaired) electrons. The van der Waals surface area contributed by atoms with Crippen LogP contribution in [0.5, 0.6) is 11.5 Å². The van der Waals surface area contributed by atoms with Crippen LogP contribution in [0.15, 0.2) is 30.5 Å². The number of aromatic nitrogens is 1. The molecule has 122 valence electrons. The largest absolute Gasteiger partial charge is 0.493 e. The second kappa shape index (κ2) is 7.53. The highest BCUT2D eigenvalue weighted by atomic mass is 35.5. The number of amides is 1. The van der Waals surface area contributed by atoms with Crippen molar-refractivity contribution >= 4 is 29.1 Å². The zero-order valence-electron chi connectivity index (χ0n) is 13.0. The van der Waals surface area contributed by atoms with E-state index in [0.717, 1.165) is 5.56 Å². The summed E-state index contributed by atoms with van der Waals surface area (Å²) < 4.78 is 10.6. The molecule has 0 aliphatic heterocycles. The molecular weight excluding hydrogens is 339 g/mol. The topological polar surface area (TPSA) is 51.7 Å². The maximum Gasteiger partial charge on any atom is 0.255 e. The molecule has 0 fully saturated rings. The van der Waals surface area contributed by atoms with Crippen molar-refractivity contribution < 1.29 is 14.3 Å². The molecule has 7 heteroatoms. The Morgan fingerprint density at radius 1 is 1.26 bits per heavy atom. The fourth-order valence-corrected chi connectivity index (χ4v) is 2.43. The van der Waals surface area contributed by atoms with Gasteiger partial charge in [-0.05, 0) is 12.1 Å². The lowest BCUT2D eigenvalue weighted by molar-refractivity contribution is 0.0783. The van der Waals surface area contributed by atoms with E-state index in [9.17, 15) is 4.79 Å². The normalized spacial score (nSPS) is 10.3. The molecule has 0 aliphatic carbocycles. The van der Waals surface area contributed by atoms with Crippen LogP contribution in [-0.4, -0.2) is 37.1 Å². The number of carbonyl (C=O) groups excluding carboxylic acids is 1. The third-order valence-electron chi connectivity index (χ3n) is 3.28. The molecular formula is C16H16Cl2N2O3. The van der Waals surface area contributed by atoms with E-state index in [1.807, 2.05) is 12.1 Å². The third-order valence-corrected chi connectivity index (χ3v) is 3.97. The smallest absolute Gasteiger partial charge is 0.255 e. The first-order valence-electron chi connectivity index (χ1n) is 6.74. The molecule has 0 bridgehead atoms. The second-order valence-electron chi connectivity index (χ2n) is 4.81. The molecule has 1 amide bonds. The van der Waals surface area contributed by atoms with Crippen LogP contribution in [0, 0.1) is 0 Å². The summed E-state index contributed by atoms with van der Waals surface area (Å²) in [5.74, 6) is 0.991. The average molecular weight is 355 g/mol. The van der Waals surface area contributed by atoms with Crippen molar-refractivity contribution in [1.82, 2.24) is 9.88 Å². The molecule has 0 saturated heterocycles. The molecule has 0 atom stereocenters. The molecule has 2 aromatic rings. The molecule has 0 saturated carbocycles. The van der Waals surface area contributed by atoms with Gasteiger partial charge in [-0.2, -0.15) is 0 Å². The van der Waals surface area contributed by atoms with E-state index < -0.39 is 0 Å². The summed E-state index contributed by atoms with van der Waals surface area (Å²) in [5.41, 5.74) is 1.19. The summed E-state index contributed by atoms with van der Waals surface area (Å²) in [7, 11) is 4.81. The molecule has 0 unspecified atom stereocenters. The number of para-hydroxylation sites is 1. The Morgan fingerprint density at radius 2 is 2.00 bits per heavy atom. The van der Waals surface area contributed by atoms with Gasteiger partial charge in [-0.15, -0.1) is 0 Å². The van der Waals surface area contributed by atoms with Gasteiger partial charge in [-0.25, -0.2) is 4.98 Å². The summed E-state index contributed by atoms with van der Waals surface area (Å²) in [5, 5.41) is 0.408. The zero-order valence-corrected chi connectivity index (χ0v) is 14.5. The average Bonchev–Trinajstić information content (AvgIpc) is 2.56. The summed E-state index contributed by atoms with van der Waals surface area (Å²) in [6.45, 7) is 0.347. The summed E-state index contributed by atoms with van der Waals surface area (Å²) in [6.07, 6.45) is 1.40. The molecule has 1 aromatic heterocycles. The van der Waals surface area contributed by atoms with Gasteiger partial charge in [0.15, 0.2) is 11.5 Å². The highest BCUT2D eigenvalue weighted by Crippen LogP contribution is 2.31. The minimum Gasteiger partial charge on any atom is -0.493 e. The molecule has 5 nitrogen and oxygen atoms in total. The Balaban J connectivity index is 2.23. The highest BCUT2D eigenvalue weighted by Gasteiger charge is 2.17. The lowest BCUT2D eigenvalue weighted by Gasteiger charge is -2.20. The van der Waals surface area contributed by atoms with E-state index >= 15 is 0 Å². The first-order chi connectivity index (χ1) is 11.0.